The largest absolute Gasteiger partial charge is 0.444 e. The topological polar surface area (TPSA) is 81.2 Å². The van der Waals surface area contributed by atoms with E-state index in [0.29, 0.717) is 5.56 Å². The van der Waals surface area contributed by atoms with E-state index >= 15 is 0 Å². The second-order valence-corrected chi connectivity index (χ2v) is 4.75. The van der Waals surface area contributed by atoms with Crippen molar-refractivity contribution in [3.8, 4) is 0 Å². The third-order valence-electron chi connectivity index (χ3n) is 1.71. The molecule has 0 aromatic carbocycles. The molecule has 0 aliphatic heterocycles. The molecule has 0 saturated carbocycles. The van der Waals surface area contributed by atoms with E-state index in [1.165, 1.54) is 12.4 Å². The number of amides is 1. The fourth-order valence-electron chi connectivity index (χ4n) is 1.01. The van der Waals surface area contributed by atoms with E-state index in [1.807, 2.05) is 0 Å². The summed E-state index contributed by atoms with van der Waals surface area (Å²) in [7, 11) is 0. The van der Waals surface area contributed by atoms with Crippen molar-refractivity contribution in [3.05, 3.63) is 18.0 Å². The Balaban J connectivity index is 2.64. The molecule has 0 unspecified atom stereocenters. The van der Waals surface area contributed by atoms with Crippen molar-refractivity contribution >= 4 is 29.4 Å². The number of anilines is 1. The quantitative estimate of drug-likeness (QED) is 0.673. The van der Waals surface area contributed by atoms with Crippen molar-refractivity contribution in [2.45, 2.75) is 26.4 Å². The Bertz CT molecular complexity index is 440. The van der Waals surface area contributed by atoms with Gasteiger partial charge in [-0.05, 0) is 20.8 Å². The highest BCUT2D eigenvalue weighted by molar-refractivity contribution is 6.30. The fraction of sp³-hybridized carbons (Fsp3) is 0.455. The number of nitrogens with zero attached hydrogens (tertiary/aromatic N) is 2. The maximum absolute atomic E-state index is 11.4. The average molecular weight is 272 g/mol. The van der Waals surface area contributed by atoms with Gasteiger partial charge < -0.3 is 4.74 Å². The summed E-state index contributed by atoms with van der Waals surface area (Å²) in [5.41, 5.74) is -0.307. The van der Waals surface area contributed by atoms with Crippen molar-refractivity contribution in [3.63, 3.8) is 0 Å². The molecule has 1 amide bonds. The molecule has 0 bridgehead atoms. The molecule has 1 aromatic heterocycles. The molecule has 0 spiro atoms. The van der Waals surface area contributed by atoms with Gasteiger partial charge in [-0.2, -0.15) is 0 Å². The second-order valence-electron chi connectivity index (χ2n) is 4.48. The molecule has 0 aliphatic carbocycles. The molecule has 6 nitrogen and oxygen atoms in total. The van der Waals surface area contributed by atoms with Crippen molar-refractivity contribution < 1.29 is 14.3 Å². The van der Waals surface area contributed by atoms with E-state index in [4.69, 9.17) is 16.3 Å². The number of ketones is 1. The van der Waals surface area contributed by atoms with Crippen molar-refractivity contribution in [2.24, 2.45) is 0 Å². The third-order valence-corrected chi connectivity index (χ3v) is 1.95. The van der Waals surface area contributed by atoms with Crippen LogP contribution in [-0.2, 0) is 4.74 Å². The molecular weight excluding hydrogens is 258 g/mol. The summed E-state index contributed by atoms with van der Waals surface area (Å²) in [4.78, 5) is 30.2. The SMILES string of the molecule is CC(C)(C)OC(=O)Nc1ncc(C(=O)CCl)cn1. The Morgan fingerprint density at radius 3 is 2.33 bits per heavy atom. The van der Waals surface area contributed by atoms with E-state index in [-0.39, 0.29) is 17.6 Å². The summed E-state index contributed by atoms with van der Waals surface area (Å²) in [6, 6.07) is 0. The molecule has 98 valence electrons. The number of hydrogen-bond acceptors (Lipinski definition) is 5. The van der Waals surface area contributed by atoms with Crippen LogP contribution >= 0.6 is 11.6 Å². The molecule has 1 rings (SSSR count). The average Bonchev–Trinajstić information content (AvgIpc) is 2.26. The molecule has 1 N–H and O–H groups in total. The van der Waals surface area contributed by atoms with Crippen LogP contribution in [0.2, 0.25) is 0 Å². The Labute approximate surface area is 110 Å². The lowest BCUT2D eigenvalue weighted by molar-refractivity contribution is 0.0634. The summed E-state index contributed by atoms with van der Waals surface area (Å²) in [6.07, 6.45) is 1.94. The van der Waals surface area contributed by atoms with Crippen LogP contribution < -0.4 is 5.32 Å². The van der Waals surface area contributed by atoms with E-state index in [9.17, 15) is 9.59 Å². The Morgan fingerprint density at radius 2 is 1.89 bits per heavy atom. The molecule has 0 radical (unpaired) electrons. The lowest BCUT2D eigenvalue weighted by Crippen LogP contribution is -2.27. The van der Waals surface area contributed by atoms with Gasteiger partial charge in [-0.15, -0.1) is 11.6 Å². The zero-order chi connectivity index (χ0) is 13.8. The normalized spacial score (nSPS) is 10.9. The van der Waals surface area contributed by atoms with Crippen molar-refractivity contribution in [2.75, 3.05) is 11.2 Å². The fourth-order valence-corrected chi connectivity index (χ4v) is 1.16. The summed E-state index contributed by atoms with van der Waals surface area (Å²) in [5, 5.41) is 2.35. The van der Waals surface area contributed by atoms with E-state index in [0.717, 1.165) is 0 Å². The molecular formula is C11H14ClN3O3. The Morgan fingerprint density at radius 1 is 1.33 bits per heavy atom. The number of rotatable bonds is 3. The number of carbonyl (C=O) groups is 2. The first kappa shape index (κ1) is 14.4. The van der Waals surface area contributed by atoms with Gasteiger partial charge in [0.1, 0.15) is 5.60 Å². The van der Waals surface area contributed by atoms with Gasteiger partial charge in [0.05, 0.1) is 11.4 Å². The predicted molar refractivity (Wildman–Crippen MR) is 66.9 cm³/mol. The zero-order valence-corrected chi connectivity index (χ0v) is 11.1. The monoisotopic (exact) mass is 271 g/mol. The Hall–Kier alpha value is -1.69. The van der Waals surface area contributed by atoms with Gasteiger partial charge in [-0.25, -0.2) is 14.8 Å². The van der Waals surface area contributed by atoms with Gasteiger partial charge in [0.2, 0.25) is 5.95 Å². The molecule has 1 heterocycles. The minimum atomic E-state index is -0.654. The first-order valence-corrected chi connectivity index (χ1v) is 5.76. The molecule has 0 aliphatic rings. The van der Waals surface area contributed by atoms with Crippen LogP contribution in [0.25, 0.3) is 0 Å². The maximum Gasteiger partial charge on any atom is 0.414 e. The molecule has 0 saturated heterocycles. The molecule has 0 fully saturated rings. The minimum Gasteiger partial charge on any atom is -0.444 e. The van der Waals surface area contributed by atoms with Crippen LogP contribution in [0.5, 0.6) is 0 Å². The number of halogens is 1. The van der Waals surface area contributed by atoms with Crippen LogP contribution in [0.1, 0.15) is 31.1 Å². The lowest BCUT2D eigenvalue weighted by Gasteiger charge is -2.19. The number of aromatic nitrogens is 2. The molecule has 18 heavy (non-hydrogen) atoms. The summed E-state index contributed by atoms with van der Waals surface area (Å²) in [6.45, 7) is 5.24. The minimum absolute atomic E-state index is 0.0652. The first-order valence-electron chi connectivity index (χ1n) is 5.23. The maximum atomic E-state index is 11.4. The second kappa shape index (κ2) is 5.77. The van der Waals surface area contributed by atoms with E-state index < -0.39 is 11.7 Å². The summed E-state index contributed by atoms with van der Waals surface area (Å²) >= 11 is 5.39. The van der Waals surface area contributed by atoms with Crippen LogP contribution in [0.15, 0.2) is 12.4 Å². The summed E-state index contributed by atoms with van der Waals surface area (Å²) in [5.74, 6) is -0.349. The smallest absolute Gasteiger partial charge is 0.414 e. The summed E-state index contributed by atoms with van der Waals surface area (Å²) < 4.78 is 5.02. The van der Waals surface area contributed by atoms with Crippen LogP contribution in [0, 0.1) is 0 Å². The molecule has 0 atom stereocenters. The number of nitrogens with one attached hydrogen (secondary N) is 1. The number of hydrogen-bond donors (Lipinski definition) is 1. The van der Waals surface area contributed by atoms with E-state index in [2.05, 4.69) is 15.3 Å². The highest BCUT2D eigenvalue weighted by Crippen LogP contribution is 2.09. The number of carbonyl (C=O) groups excluding carboxylic acids is 2. The predicted octanol–water partition coefficient (Wildman–Crippen LogP) is 2.25. The van der Waals surface area contributed by atoms with Gasteiger partial charge in [-0.1, -0.05) is 0 Å². The van der Waals surface area contributed by atoms with Crippen LogP contribution in [-0.4, -0.2) is 33.3 Å². The highest BCUT2D eigenvalue weighted by Gasteiger charge is 2.17. The van der Waals surface area contributed by atoms with Gasteiger partial charge in [0.25, 0.3) is 0 Å². The first-order chi connectivity index (χ1) is 8.31. The van der Waals surface area contributed by atoms with Gasteiger partial charge in [-0.3, -0.25) is 10.1 Å². The highest BCUT2D eigenvalue weighted by atomic mass is 35.5. The van der Waals surface area contributed by atoms with Gasteiger partial charge in [0.15, 0.2) is 5.78 Å². The van der Waals surface area contributed by atoms with Crippen molar-refractivity contribution in [1.82, 2.24) is 9.97 Å². The number of alkyl halides is 1. The number of Topliss-reactive ketones (excluding diaryl/α,β-unsaturated/α-hetero) is 1. The lowest BCUT2D eigenvalue weighted by atomic mass is 10.2. The number of ether oxygens (including phenoxy) is 1. The van der Waals surface area contributed by atoms with Crippen molar-refractivity contribution in [1.29, 1.82) is 0 Å². The van der Waals surface area contributed by atoms with Gasteiger partial charge >= 0.3 is 6.09 Å². The standard InChI is InChI=1S/C11H14ClN3O3/c1-11(2,3)18-10(17)15-9-13-5-7(6-14-9)8(16)4-12/h5-6H,4H2,1-3H3,(H,13,14,15,17). The van der Waals surface area contributed by atoms with Crippen LogP contribution in [0.4, 0.5) is 10.7 Å². The van der Waals surface area contributed by atoms with E-state index in [1.54, 1.807) is 20.8 Å². The van der Waals surface area contributed by atoms with Gasteiger partial charge in [0, 0.05) is 12.4 Å². The molecule has 7 heteroatoms. The molecule has 1 aromatic rings. The Kier molecular flexibility index (Phi) is 4.61. The third kappa shape index (κ3) is 4.67. The zero-order valence-electron chi connectivity index (χ0n) is 10.4. The van der Waals surface area contributed by atoms with Crippen LogP contribution in [0.3, 0.4) is 0 Å².